The van der Waals surface area contributed by atoms with Crippen LogP contribution in [0.4, 0.5) is 5.82 Å². The Balaban J connectivity index is 2.36. The number of aromatic nitrogens is 2. The summed E-state index contributed by atoms with van der Waals surface area (Å²) < 4.78 is 6.36. The van der Waals surface area contributed by atoms with Crippen molar-refractivity contribution in [1.29, 1.82) is 0 Å². The van der Waals surface area contributed by atoms with Crippen LogP contribution >= 0.6 is 22.6 Å². The third-order valence-electron chi connectivity index (χ3n) is 2.73. The first-order valence-corrected chi connectivity index (χ1v) is 5.59. The van der Waals surface area contributed by atoms with Crippen LogP contribution in [0.1, 0.15) is 25.1 Å². The summed E-state index contributed by atoms with van der Waals surface area (Å²) in [5, 5.41) is 0. The van der Waals surface area contributed by atoms with Gasteiger partial charge in [-0.15, -0.1) is 0 Å². The first kappa shape index (κ1) is 10.1. The monoisotopic (exact) mass is 305 g/mol. The highest BCUT2D eigenvalue weighted by Crippen LogP contribution is 2.42. The summed E-state index contributed by atoms with van der Waals surface area (Å²) in [5.74, 6) is 1.27. The summed E-state index contributed by atoms with van der Waals surface area (Å²) in [6.07, 6.45) is 4.90. The SMILES string of the molecule is COC1(c2ncc(I)c(N)n2)CCC1. The van der Waals surface area contributed by atoms with Crippen molar-refractivity contribution in [3.63, 3.8) is 0 Å². The van der Waals surface area contributed by atoms with Gasteiger partial charge in [-0.25, -0.2) is 9.97 Å². The summed E-state index contributed by atoms with van der Waals surface area (Å²) in [4.78, 5) is 8.55. The summed E-state index contributed by atoms with van der Waals surface area (Å²) in [6.45, 7) is 0. The smallest absolute Gasteiger partial charge is 0.162 e. The minimum atomic E-state index is -0.265. The molecule has 5 heteroatoms. The van der Waals surface area contributed by atoms with Crippen molar-refractivity contribution in [2.24, 2.45) is 0 Å². The predicted octanol–water partition coefficient (Wildman–Crippen LogP) is 1.69. The van der Waals surface area contributed by atoms with E-state index in [9.17, 15) is 0 Å². The van der Waals surface area contributed by atoms with Gasteiger partial charge in [0.2, 0.25) is 0 Å². The minimum absolute atomic E-state index is 0.265. The zero-order chi connectivity index (χ0) is 10.2. The van der Waals surface area contributed by atoms with Crippen molar-refractivity contribution in [3.8, 4) is 0 Å². The van der Waals surface area contributed by atoms with Crippen LogP contribution in [0.25, 0.3) is 0 Å². The first-order valence-electron chi connectivity index (χ1n) is 4.51. The Kier molecular flexibility index (Phi) is 2.61. The molecule has 76 valence electrons. The molecule has 0 atom stereocenters. The zero-order valence-electron chi connectivity index (χ0n) is 7.96. The molecule has 14 heavy (non-hydrogen) atoms. The van der Waals surface area contributed by atoms with Gasteiger partial charge in [-0.2, -0.15) is 0 Å². The highest BCUT2D eigenvalue weighted by Gasteiger charge is 2.41. The maximum atomic E-state index is 5.74. The minimum Gasteiger partial charge on any atom is -0.383 e. The molecule has 0 amide bonds. The van der Waals surface area contributed by atoms with Crippen molar-refractivity contribution >= 4 is 28.4 Å². The van der Waals surface area contributed by atoms with Gasteiger partial charge in [0.25, 0.3) is 0 Å². The molecule has 0 bridgehead atoms. The van der Waals surface area contributed by atoms with Crippen molar-refractivity contribution < 1.29 is 4.74 Å². The molecule has 0 aliphatic heterocycles. The molecule has 1 saturated carbocycles. The quantitative estimate of drug-likeness (QED) is 0.845. The lowest BCUT2D eigenvalue weighted by atomic mass is 9.79. The number of nitrogens with two attached hydrogens (primary N) is 1. The van der Waals surface area contributed by atoms with E-state index in [4.69, 9.17) is 10.5 Å². The molecule has 0 spiro atoms. The van der Waals surface area contributed by atoms with Gasteiger partial charge in [0.05, 0.1) is 3.57 Å². The van der Waals surface area contributed by atoms with Crippen LogP contribution in [-0.2, 0) is 10.3 Å². The van der Waals surface area contributed by atoms with Crippen LogP contribution in [-0.4, -0.2) is 17.1 Å². The van der Waals surface area contributed by atoms with Crippen LogP contribution in [0.15, 0.2) is 6.20 Å². The molecule has 0 saturated heterocycles. The van der Waals surface area contributed by atoms with Gasteiger partial charge in [0, 0.05) is 13.3 Å². The molecule has 4 nitrogen and oxygen atoms in total. The second-order valence-electron chi connectivity index (χ2n) is 3.48. The Morgan fingerprint density at radius 2 is 2.29 bits per heavy atom. The van der Waals surface area contributed by atoms with Crippen LogP contribution < -0.4 is 5.73 Å². The van der Waals surface area contributed by atoms with Crippen LogP contribution in [0, 0.1) is 3.57 Å². The Bertz CT molecular complexity index is 346. The molecular weight excluding hydrogens is 293 g/mol. The maximum absolute atomic E-state index is 5.74. The third-order valence-corrected chi connectivity index (χ3v) is 3.56. The van der Waals surface area contributed by atoms with Gasteiger partial charge in [-0.05, 0) is 41.9 Å². The molecule has 0 radical (unpaired) electrons. The first-order chi connectivity index (χ1) is 6.68. The van der Waals surface area contributed by atoms with E-state index in [1.807, 2.05) is 0 Å². The Labute approximate surface area is 96.4 Å². The number of hydrogen-bond donors (Lipinski definition) is 1. The van der Waals surface area contributed by atoms with Gasteiger partial charge in [0.15, 0.2) is 5.82 Å². The number of hydrogen-bond acceptors (Lipinski definition) is 4. The van der Waals surface area contributed by atoms with Gasteiger partial charge < -0.3 is 10.5 Å². The second kappa shape index (κ2) is 3.62. The lowest BCUT2D eigenvalue weighted by Crippen LogP contribution is -2.38. The summed E-state index contributed by atoms with van der Waals surface area (Å²) in [6, 6.07) is 0. The normalized spacial score (nSPS) is 19.0. The lowest BCUT2D eigenvalue weighted by Gasteiger charge is -2.38. The average molecular weight is 305 g/mol. The number of halogens is 1. The fourth-order valence-electron chi connectivity index (χ4n) is 1.62. The largest absolute Gasteiger partial charge is 0.383 e. The van der Waals surface area contributed by atoms with Gasteiger partial charge in [-0.3, -0.25) is 0 Å². The molecule has 1 heterocycles. The summed E-state index contributed by atoms with van der Waals surface area (Å²) in [7, 11) is 1.71. The molecule has 2 rings (SSSR count). The maximum Gasteiger partial charge on any atom is 0.162 e. The topological polar surface area (TPSA) is 61.0 Å². The molecule has 0 unspecified atom stereocenters. The van der Waals surface area contributed by atoms with E-state index in [0.717, 1.165) is 22.2 Å². The third kappa shape index (κ3) is 1.48. The van der Waals surface area contributed by atoms with Crippen LogP contribution in [0.5, 0.6) is 0 Å². The standard InChI is InChI=1S/C9H12IN3O/c1-14-9(3-2-4-9)8-12-5-6(10)7(11)13-8/h5H,2-4H2,1H3,(H2,11,12,13). The van der Waals surface area contributed by atoms with E-state index < -0.39 is 0 Å². The highest BCUT2D eigenvalue weighted by atomic mass is 127. The Morgan fingerprint density at radius 3 is 2.71 bits per heavy atom. The van der Waals surface area contributed by atoms with E-state index in [1.54, 1.807) is 13.3 Å². The molecular formula is C9H12IN3O. The molecule has 1 aliphatic rings. The van der Waals surface area contributed by atoms with Crippen molar-refractivity contribution in [2.75, 3.05) is 12.8 Å². The van der Waals surface area contributed by atoms with Gasteiger partial charge in [-0.1, -0.05) is 0 Å². The number of methoxy groups -OCH3 is 1. The fraction of sp³-hybridized carbons (Fsp3) is 0.556. The van der Waals surface area contributed by atoms with Crippen molar-refractivity contribution in [3.05, 3.63) is 15.6 Å². The summed E-state index contributed by atoms with van der Waals surface area (Å²) >= 11 is 2.12. The van der Waals surface area contributed by atoms with E-state index >= 15 is 0 Å². The zero-order valence-corrected chi connectivity index (χ0v) is 10.1. The number of rotatable bonds is 2. The Hall–Kier alpha value is -0.430. The fourth-order valence-corrected chi connectivity index (χ4v) is 1.88. The van der Waals surface area contributed by atoms with E-state index in [2.05, 4.69) is 32.6 Å². The molecule has 1 aromatic rings. The second-order valence-corrected chi connectivity index (χ2v) is 4.64. The molecule has 2 N–H and O–H groups in total. The van der Waals surface area contributed by atoms with Gasteiger partial charge in [0.1, 0.15) is 11.4 Å². The van der Waals surface area contributed by atoms with E-state index in [1.165, 1.54) is 6.42 Å². The molecule has 1 aliphatic carbocycles. The molecule has 0 aromatic carbocycles. The average Bonchev–Trinajstić information content (AvgIpc) is 2.10. The molecule has 1 fully saturated rings. The number of nitrogens with zero attached hydrogens (tertiary/aromatic N) is 2. The van der Waals surface area contributed by atoms with E-state index in [0.29, 0.717) is 5.82 Å². The van der Waals surface area contributed by atoms with E-state index in [-0.39, 0.29) is 5.60 Å². The Morgan fingerprint density at radius 1 is 1.57 bits per heavy atom. The highest BCUT2D eigenvalue weighted by molar-refractivity contribution is 14.1. The van der Waals surface area contributed by atoms with Gasteiger partial charge >= 0.3 is 0 Å². The molecule has 1 aromatic heterocycles. The van der Waals surface area contributed by atoms with Crippen LogP contribution in [0.3, 0.4) is 0 Å². The van der Waals surface area contributed by atoms with Crippen molar-refractivity contribution in [2.45, 2.75) is 24.9 Å². The van der Waals surface area contributed by atoms with Crippen LogP contribution in [0.2, 0.25) is 0 Å². The number of nitrogen functional groups attached to an aromatic ring is 1. The number of ether oxygens (including phenoxy) is 1. The predicted molar refractivity (Wildman–Crippen MR) is 61.7 cm³/mol. The number of anilines is 1. The summed E-state index contributed by atoms with van der Waals surface area (Å²) in [5.41, 5.74) is 5.47. The van der Waals surface area contributed by atoms with Crippen molar-refractivity contribution in [1.82, 2.24) is 9.97 Å². The lowest BCUT2D eigenvalue weighted by molar-refractivity contribution is -0.0845.